The molecule has 14 heavy (non-hydrogen) atoms. The zero-order valence-electron chi connectivity index (χ0n) is 8.55. The third-order valence-corrected chi connectivity index (χ3v) is 3.04. The number of hydrogen-bond donors (Lipinski definition) is 1. The van der Waals surface area contributed by atoms with Gasteiger partial charge in [-0.2, -0.15) is 0 Å². The van der Waals surface area contributed by atoms with Crippen LogP contribution in [0.4, 0.5) is 0 Å². The fraction of sp³-hybridized carbons (Fsp3) is 0.417. The van der Waals surface area contributed by atoms with Crippen LogP contribution in [0.2, 0.25) is 0 Å². The van der Waals surface area contributed by atoms with E-state index in [4.69, 9.17) is 0 Å². The number of benzene rings is 1. The maximum Gasteiger partial charge on any atom is 0.163 e. The van der Waals surface area contributed by atoms with E-state index in [-0.39, 0.29) is 11.5 Å². The van der Waals surface area contributed by atoms with Crippen molar-refractivity contribution in [1.29, 1.82) is 0 Å². The summed E-state index contributed by atoms with van der Waals surface area (Å²) in [4.78, 5) is 11.7. The third kappa shape index (κ3) is 1.22. The van der Waals surface area contributed by atoms with E-state index in [1.165, 1.54) is 0 Å². The topological polar surface area (TPSA) is 37.3 Å². The van der Waals surface area contributed by atoms with Crippen molar-refractivity contribution < 1.29 is 9.90 Å². The number of carbonyl (C=O) groups excluding carboxylic acids is 1. The van der Waals surface area contributed by atoms with Gasteiger partial charge in [0, 0.05) is 17.5 Å². The fourth-order valence-corrected chi connectivity index (χ4v) is 2.13. The molecule has 2 rings (SSSR count). The first-order chi connectivity index (χ1) is 6.61. The summed E-state index contributed by atoms with van der Waals surface area (Å²) in [6.07, 6.45) is 2.31. The molecule has 0 saturated heterocycles. The van der Waals surface area contributed by atoms with Crippen molar-refractivity contribution in [3.8, 4) is 5.75 Å². The molecule has 2 nitrogen and oxygen atoms in total. The van der Waals surface area contributed by atoms with Crippen LogP contribution in [0.1, 0.15) is 39.9 Å². The van der Waals surface area contributed by atoms with Crippen LogP contribution in [0.5, 0.6) is 5.75 Å². The van der Waals surface area contributed by atoms with Crippen LogP contribution in [0.25, 0.3) is 0 Å². The highest BCUT2D eigenvalue weighted by Crippen LogP contribution is 2.33. The zero-order valence-corrected chi connectivity index (χ0v) is 8.55. The average Bonchev–Trinajstić information content (AvgIpc) is 2.14. The Bertz CT molecular complexity index is 405. The average molecular weight is 190 g/mol. The van der Waals surface area contributed by atoms with Gasteiger partial charge in [0.05, 0.1) is 0 Å². The lowest BCUT2D eigenvalue weighted by Gasteiger charge is -2.19. The molecule has 0 atom stereocenters. The minimum atomic E-state index is 0.183. The fourth-order valence-electron chi connectivity index (χ4n) is 2.13. The number of fused-ring (bicyclic) bond motifs is 1. The number of carbonyl (C=O) groups is 1. The van der Waals surface area contributed by atoms with Crippen LogP contribution < -0.4 is 0 Å². The van der Waals surface area contributed by atoms with E-state index in [0.29, 0.717) is 6.42 Å². The Hall–Kier alpha value is -1.31. The lowest BCUT2D eigenvalue weighted by molar-refractivity contribution is 0.0971. The van der Waals surface area contributed by atoms with E-state index >= 15 is 0 Å². The van der Waals surface area contributed by atoms with Gasteiger partial charge in [-0.1, -0.05) is 0 Å². The van der Waals surface area contributed by atoms with Crippen molar-refractivity contribution in [3.05, 3.63) is 28.3 Å². The molecule has 2 heteroatoms. The molecule has 0 aliphatic heterocycles. The number of rotatable bonds is 0. The minimum absolute atomic E-state index is 0.183. The van der Waals surface area contributed by atoms with Gasteiger partial charge in [0.25, 0.3) is 0 Å². The maximum atomic E-state index is 11.7. The molecule has 1 aromatic carbocycles. The number of phenols is 1. The molecule has 0 saturated carbocycles. The number of phenolic OH excluding ortho intramolecular Hbond substituents is 1. The summed E-state index contributed by atoms with van der Waals surface area (Å²) in [7, 11) is 0. The molecular formula is C12H14O2. The monoisotopic (exact) mass is 190 g/mol. The first kappa shape index (κ1) is 9.25. The number of aryl methyl sites for hydroxylation is 1. The summed E-state index contributed by atoms with van der Waals surface area (Å²) >= 11 is 0. The maximum absolute atomic E-state index is 11.7. The zero-order chi connectivity index (χ0) is 10.3. The van der Waals surface area contributed by atoms with E-state index in [1.807, 2.05) is 13.8 Å². The van der Waals surface area contributed by atoms with E-state index in [0.717, 1.165) is 35.1 Å². The highest BCUT2D eigenvalue weighted by molar-refractivity contribution is 6.00. The standard InChI is InChI=1S/C12H14O2/c1-7-6-11(14)9-4-3-5-10(13)12(9)8(7)2/h6,14H,3-5H2,1-2H3. The van der Waals surface area contributed by atoms with Crippen LogP contribution in [0.3, 0.4) is 0 Å². The Balaban J connectivity index is 2.73. The van der Waals surface area contributed by atoms with Crippen LogP contribution >= 0.6 is 0 Å². The largest absolute Gasteiger partial charge is 0.508 e. The number of Topliss-reactive ketones (excluding diaryl/α,β-unsaturated/α-hetero) is 1. The Morgan fingerprint density at radius 2 is 2.00 bits per heavy atom. The highest BCUT2D eigenvalue weighted by Gasteiger charge is 2.22. The molecule has 74 valence electrons. The third-order valence-electron chi connectivity index (χ3n) is 3.04. The molecule has 1 aliphatic carbocycles. The summed E-state index contributed by atoms with van der Waals surface area (Å²) < 4.78 is 0. The van der Waals surface area contributed by atoms with E-state index in [9.17, 15) is 9.90 Å². The summed E-state index contributed by atoms with van der Waals surface area (Å²) in [6, 6.07) is 1.76. The molecule has 0 radical (unpaired) electrons. The van der Waals surface area contributed by atoms with Crippen molar-refractivity contribution in [1.82, 2.24) is 0 Å². The first-order valence-electron chi connectivity index (χ1n) is 4.96. The Morgan fingerprint density at radius 1 is 1.29 bits per heavy atom. The Kier molecular flexibility index (Phi) is 2.06. The van der Waals surface area contributed by atoms with Crippen molar-refractivity contribution in [2.24, 2.45) is 0 Å². The first-order valence-corrected chi connectivity index (χ1v) is 4.96. The Labute approximate surface area is 83.6 Å². The van der Waals surface area contributed by atoms with E-state index < -0.39 is 0 Å². The van der Waals surface area contributed by atoms with Crippen molar-refractivity contribution in [3.63, 3.8) is 0 Å². The van der Waals surface area contributed by atoms with Gasteiger partial charge in [0.15, 0.2) is 5.78 Å². The lowest BCUT2D eigenvalue weighted by atomic mass is 9.85. The molecule has 1 aromatic rings. The van der Waals surface area contributed by atoms with Crippen molar-refractivity contribution in [2.45, 2.75) is 33.1 Å². The normalized spacial score (nSPS) is 15.4. The molecular weight excluding hydrogens is 176 g/mol. The van der Waals surface area contributed by atoms with Crippen molar-refractivity contribution in [2.75, 3.05) is 0 Å². The predicted molar refractivity (Wildman–Crippen MR) is 54.8 cm³/mol. The van der Waals surface area contributed by atoms with Crippen LogP contribution in [-0.2, 0) is 6.42 Å². The summed E-state index contributed by atoms with van der Waals surface area (Å²) in [6.45, 7) is 3.88. The second-order valence-corrected chi connectivity index (χ2v) is 3.97. The molecule has 1 aliphatic rings. The molecule has 0 aromatic heterocycles. The van der Waals surface area contributed by atoms with Crippen LogP contribution in [0.15, 0.2) is 6.07 Å². The van der Waals surface area contributed by atoms with Gasteiger partial charge in [-0.15, -0.1) is 0 Å². The summed E-state index contributed by atoms with van der Waals surface area (Å²) in [5.41, 5.74) is 3.65. The molecule has 0 unspecified atom stereocenters. The van der Waals surface area contributed by atoms with E-state index in [2.05, 4.69) is 0 Å². The molecule has 0 bridgehead atoms. The van der Waals surface area contributed by atoms with Gasteiger partial charge < -0.3 is 5.11 Å². The van der Waals surface area contributed by atoms with E-state index in [1.54, 1.807) is 6.07 Å². The highest BCUT2D eigenvalue weighted by atomic mass is 16.3. The van der Waals surface area contributed by atoms with Crippen LogP contribution in [0, 0.1) is 13.8 Å². The van der Waals surface area contributed by atoms with Gasteiger partial charge in [-0.3, -0.25) is 4.79 Å². The lowest BCUT2D eigenvalue weighted by Crippen LogP contribution is -2.13. The summed E-state index contributed by atoms with van der Waals surface area (Å²) in [5, 5.41) is 9.73. The minimum Gasteiger partial charge on any atom is -0.508 e. The number of ketones is 1. The van der Waals surface area contributed by atoms with Gasteiger partial charge in [0.1, 0.15) is 5.75 Å². The molecule has 0 heterocycles. The SMILES string of the molecule is Cc1cc(O)c2c(c1C)C(=O)CCC2. The second-order valence-electron chi connectivity index (χ2n) is 3.97. The quantitative estimate of drug-likeness (QED) is 0.682. The summed E-state index contributed by atoms with van der Waals surface area (Å²) in [5.74, 6) is 0.471. The van der Waals surface area contributed by atoms with Gasteiger partial charge >= 0.3 is 0 Å². The van der Waals surface area contributed by atoms with Gasteiger partial charge in [-0.05, 0) is 43.9 Å². The number of hydrogen-bond acceptors (Lipinski definition) is 2. The van der Waals surface area contributed by atoms with Crippen LogP contribution in [-0.4, -0.2) is 10.9 Å². The molecule has 1 N–H and O–H groups in total. The van der Waals surface area contributed by atoms with Crippen molar-refractivity contribution >= 4 is 5.78 Å². The Morgan fingerprint density at radius 3 is 2.71 bits per heavy atom. The second kappa shape index (κ2) is 3.12. The molecule has 0 fully saturated rings. The molecule has 0 spiro atoms. The number of aromatic hydroxyl groups is 1. The van der Waals surface area contributed by atoms with Gasteiger partial charge in [0.2, 0.25) is 0 Å². The predicted octanol–water partition coefficient (Wildman–Crippen LogP) is 2.53. The molecule has 0 amide bonds. The smallest absolute Gasteiger partial charge is 0.163 e. The van der Waals surface area contributed by atoms with Gasteiger partial charge in [-0.25, -0.2) is 0 Å².